The molecule has 2 rings (SSSR count). The molecule has 1 aromatic rings. The van der Waals surface area contributed by atoms with Crippen LogP contribution in [0, 0.1) is 15.9 Å². The highest BCUT2D eigenvalue weighted by molar-refractivity contribution is 5.62. The Balaban J connectivity index is 2.00. The Morgan fingerprint density at radius 1 is 1.50 bits per heavy atom. The van der Waals surface area contributed by atoms with Gasteiger partial charge in [0.05, 0.1) is 24.2 Å². The number of hydrogen-bond acceptors (Lipinski definition) is 6. The van der Waals surface area contributed by atoms with Crippen molar-refractivity contribution in [1.82, 2.24) is 4.90 Å². The molecule has 0 unspecified atom stereocenters. The maximum Gasteiger partial charge on any atom is 0.292 e. The van der Waals surface area contributed by atoms with Crippen LogP contribution in [0.2, 0.25) is 0 Å². The zero-order valence-corrected chi connectivity index (χ0v) is 12.4. The van der Waals surface area contributed by atoms with Crippen LogP contribution in [0.15, 0.2) is 18.2 Å². The SMILES string of the molecule is CN(C[C@@H](O)CN1CCOCC1)c1cc(F)ccc1[N+](=O)[O-]. The molecule has 1 N–H and O–H groups in total. The number of nitro benzene ring substituents is 1. The summed E-state index contributed by atoms with van der Waals surface area (Å²) in [5.74, 6) is -0.546. The van der Waals surface area contributed by atoms with Gasteiger partial charge in [-0.1, -0.05) is 0 Å². The Labute approximate surface area is 128 Å². The molecular weight excluding hydrogens is 293 g/mol. The molecule has 0 aliphatic carbocycles. The third-order valence-electron chi connectivity index (χ3n) is 3.60. The van der Waals surface area contributed by atoms with Gasteiger partial charge in [-0.05, 0) is 6.07 Å². The molecular formula is C14H20FN3O4. The summed E-state index contributed by atoms with van der Waals surface area (Å²) in [4.78, 5) is 14.0. The molecule has 0 bridgehead atoms. The van der Waals surface area contributed by atoms with Gasteiger partial charge in [-0.15, -0.1) is 0 Å². The van der Waals surface area contributed by atoms with Gasteiger partial charge in [0, 0.05) is 45.4 Å². The number of nitrogens with zero attached hydrogens (tertiary/aromatic N) is 3. The Kier molecular flexibility index (Phi) is 5.64. The van der Waals surface area contributed by atoms with E-state index >= 15 is 0 Å². The number of hydrogen-bond donors (Lipinski definition) is 1. The predicted octanol–water partition coefficient (Wildman–Crippen LogP) is 0.863. The van der Waals surface area contributed by atoms with E-state index in [0.717, 1.165) is 31.3 Å². The topological polar surface area (TPSA) is 79.1 Å². The second-order valence-corrected chi connectivity index (χ2v) is 5.34. The molecule has 1 aromatic carbocycles. The molecule has 1 saturated heterocycles. The van der Waals surface area contributed by atoms with E-state index in [1.807, 2.05) is 0 Å². The van der Waals surface area contributed by atoms with Crippen molar-refractivity contribution in [3.05, 3.63) is 34.1 Å². The highest BCUT2D eigenvalue weighted by atomic mass is 19.1. The molecule has 1 aliphatic rings. The van der Waals surface area contributed by atoms with Crippen LogP contribution >= 0.6 is 0 Å². The van der Waals surface area contributed by atoms with Crippen molar-refractivity contribution in [2.24, 2.45) is 0 Å². The number of aliphatic hydroxyl groups is 1. The van der Waals surface area contributed by atoms with Crippen LogP contribution in [0.1, 0.15) is 0 Å². The standard InChI is InChI=1S/C14H20FN3O4/c1-16(9-12(19)10-17-4-6-22-7-5-17)14-8-11(15)2-3-13(14)18(20)21/h2-3,8,12,19H,4-7,9-10H2,1H3/t12-/m1/s1. The van der Waals surface area contributed by atoms with Gasteiger partial charge >= 0.3 is 0 Å². The van der Waals surface area contributed by atoms with E-state index in [0.29, 0.717) is 19.8 Å². The van der Waals surface area contributed by atoms with Crippen molar-refractivity contribution in [2.75, 3.05) is 51.3 Å². The third-order valence-corrected chi connectivity index (χ3v) is 3.60. The molecule has 122 valence electrons. The molecule has 8 heteroatoms. The van der Waals surface area contributed by atoms with E-state index in [1.54, 1.807) is 7.05 Å². The number of benzene rings is 1. The van der Waals surface area contributed by atoms with Crippen molar-refractivity contribution in [3.63, 3.8) is 0 Å². The average molecular weight is 313 g/mol. The second kappa shape index (κ2) is 7.48. The first kappa shape index (κ1) is 16.6. The van der Waals surface area contributed by atoms with Crippen LogP contribution in [-0.2, 0) is 4.74 Å². The summed E-state index contributed by atoms with van der Waals surface area (Å²) in [5.41, 5.74) is -0.0199. The highest BCUT2D eigenvalue weighted by Crippen LogP contribution is 2.28. The van der Waals surface area contributed by atoms with E-state index in [9.17, 15) is 19.6 Å². The average Bonchev–Trinajstić information content (AvgIpc) is 2.47. The molecule has 1 atom stereocenters. The van der Waals surface area contributed by atoms with Crippen molar-refractivity contribution in [3.8, 4) is 0 Å². The van der Waals surface area contributed by atoms with E-state index in [4.69, 9.17) is 4.74 Å². The van der Waals surface area contributed by atoms with Crippen molar-refractivity contribution in [1.29, 1.82) is 0 Å². The van der Waals surface area contributed by atoms with Crippen LogP contribution in [0.5, 0.6) is 0 Å². The van der Waals surface area contributed by atoms with Crippen LogP contribution in [0.25, 0.3) is 0 Å². The summed E-state index contributed by atoms with van der Waals surface area (Å²) >= 11 is 0. The smallest absolute Gasteiger partial charge is 0.292 e. The summed E-state index contributed by atoms with van der Waals surface area (Å²) in [7, 11) is 1.60. The van der Waals surface area contributed by atoms with Crippen LogP contribution in [0.3, 0.4) is 0 Å². The van der Waals surface area contributed by atoms with Crippen molar-refractivity contribution >= 4 is 11.4 Å². The minimum atomic E-state index is -0.689. The summed E-state index contributed by atoms with van der Waals surface area (Å²) in [6.45, 7) is 3.41. The monoisotopic (exact) mass is 313 g/mol. The molecule has 7 nitrogen and oxygen atoms in total. The first-order valence-corrected chi connectivity index (χ1v) is 7.10. The lowest BCUT2D eigenvalue weighted by Crippen LogP contribution is -2.44. The van der Waals surface area contributed by atoms with Gasteiger partial charge in [0.1, 0.15) is 11.5 Å². The number of likely N-dealkylation sites (N-methyl/N-ethyl adjacent to an activating group) is 1. The minimum Gasteiger partial charge on any atom is -0.390 e. The number of anilines is 1. The zero-order chi connectivity index (χ0) is 16.1. The van der Waals surface area contributed by atoms with Crippen molar-refractivity contribution < 1.29 is 19.2 Å². The first-order chi connectivity index (χ1) is 10.5. The van der Waals surface area contributed by atoms with Gasteiger partial charge < -0.3 is 14.7 Å². The quantitative estimate of drug-likeness (QED) is 0.620. The van der Waals surface area contributed by atoms with Gasteiger partial charge in [-0.25, -0.2) is 4.39 Å². The molecule has 1 fully saturated rings. The van der Waals surface area contributed by atoms with Gasteiger partial charge in [0.15, 0.2) is 0 Å². The second-order valence-electron chi connectivity index (χ2n) is 5.34. The molecule has 0 radical (unpaired) electrons. The Hall–Kier alpha value is -1.77. The number of morpholine rings is 1. The van der Waals surface area contributed by atoms with E-state index in [-0.39, 0.29) is 17.9 Å². The fourth-order valence-electron chi connectivity index (χ4n) is 2.51. The Bertz CT molecular complexity index is 523. The molecule has 1 aliphatic heterocycles. The fourth-order valence-corrected chi connectivity index (χ4v) is 2.51. The molecule has 1 heterocycles. The van der Waals surface area contributed by atoms with Crippen LogP contribution in [0.4, 0.5) is 15.8 Å². The highest BCUT2D eigenvalue weighted by Gasteiger charge is 2.21. The van der Waals surface area contributed by atoms with Gasteiger partial charge in [0.25, 0.3) is 5.69 Å². The molecule has 22 heavy (non-hydrogen) atoms. The van der Waals surface area contributed by atoms with Gasteiger partial charge in [-0.3, -0.25) is 15.0 Å². The third kappa shape index (κ3) is 4.36. The molecule has 0 amide bonds. The number of rotatable bonds is 6. The predicted molar refractivity (Wildman–Crippen MR) is 79.6 cm³/mol. The van der Waals surface area contributed by atoms with Gasteiger partial charge in [-0.2, -0.15) is 0 Å². The lowest BCUT2D eigenvalue weighted by molar-refractivity contribution is -0.384. The minimum absolute atomic E-state index is 0.158. The summed E-state index contributed by atoms with van der Waals surface area (Å²) in [5, 5.41) is 21.2. The number of halogens is 1. The molecule has 0 saturated carbocycles. The number of ether oxygens (including phenoxy) is 1. The number of aliphatic hydroxyl groups excluding tert-OH is 1. The largest absolute Gasteiger partial charge is 0.390 e. The lowest BCUT2D eigenvalue weighted by Gasteiger charge is -2.30. The fraction of sp³-hybridized carbons (Fsp3) is 0.571. The number of β-amino-alcohol motifs (C(OH)–C–C–N with tert-alkyl or cyclic N) is 1. The zero-order valence-electron chi connectivity index (χ0n) is 12.4. The van der Waals surface area contributed by atoms with E-state index in [2.05, 4.69) is 4.90 Å². The maximum absolute atomic E-state index is 13.3. The van der Waals surface area contributed by atoms with E-state index in [1.165, 1.54) is 4.90 Å². The van der Waals surface area contributed by atoms with Crippen molar-refractivity contribution in [2.45, 2.75) is 6.10 Å². The van der Waals surface area contributed by atoms with E-state index < -0.39 is 16.8 Å². The van der Waals surface area contributed by atoms with Gasteiger partial charge in [0.2, 0.25) is 0 Å². The normalized spacial score (nSPS) is 17.2. The Morgan fingerprint density at radius 3 is 2.82 bits per heavy atom. The first-order valence-electron chi connectivity index (χ1n) is 7.10. The maximum atomic E-state index is 13.3. The lowest BCUT2D eigenvalue weighted by atomic mass is 10.2. The molecule has 0 aromatic heterocycles. The summed E-state index contributed by atoms with van der Waals surface area (Å²) < 4.78 is 18.6. The Morgan fingerprint density at radius 2 is 2.18 bits per heavy atom. The van der Waals surface area contributed by atoms with Crippen LogP contribution in [-0.4, -0.2) is 67.5 Å². The molecule has 0 spiro atoms. The number of nitro groups is 1. The summed E-state index contributed by atoms with van der Waals surface area (Å²) in [6, 6.07) is 3.30. The van der Waals surface area contributed by atoms with Crippen LogP contribution < -0.4 is 4.90 Å². The summed E-state index contributed by atoms with van der Waals surface area (Å²) in [6.07, 6.45) is -0.689.